The van der Waals surface area contributed by atoms with Gasteiger partial charge in [-0.1, -0.05) is 22.9 Å². The topological polar surface area (TPSA) is 29.5 Å². The van der Waals surface area contributed by atoms with Crippen molar-refractivity contribution in [1.29, 1.82) is 0 Å². The largest absolute Gasteiger partial charge is 0.487 e. The van der Waals surface area contributed by atoms with Crippen molar-refractivity contribution in [2.45, 2.75) is 39.4 Å². The van der Waals surface area contributed by atoms with Crippen LogP contribution in [0.15, 0.2) is 10.5 Å². The smallest absolute Gasteiger partial charge is 0.129 e. The molecule has 0 aliphatic carbocycles. The number of hydrogen-bond donors (Lipinski definition) is 1. The molecular weight excluding hydrogens is 256 g/mol. The number of rotatable bonds is 1. The van der Waals surface area contributed by atoms with Gasteiger partial charge in [-0.05, 0) is 37.5 Å². The Bertz CT molecular complexity index is 401. The number of aliphatic hydroxyl groups is 1. The van der Waals surface area contributed by atoms with E-state index in [0.717, 1.165) is 33.3 Å². The molecule has 2 atom stereocenters. The molecule has 1 N–H and O–H groups in total. The van der Waals surface area contributed by atoms with Crippen molar-refractivity contribution in [3.63, 3.8) is 0 Å². The number of ether oxygens (including phenoxy) is 1. The summed E-state index contributed by atoms with van der Waals surface area (Å²) in [7, 11) is 0. The zero-order chi connectivity index (χ0) is 11.2. The van der Waals surface area contributed by atoms with Gasteiger partial charge in [-0.25, -0.2) is 0 Å². The van der Waals surface area contributed by atoms with Crippen LogP contribution in [-0.4, -0.2) is 11.2 Å². The zero-order valence-corrected chi connectivity index (χ0v) is 10.8. The number of halogens is 1. The van der Waals surface area contributed by atoms with Crippen LogP contribution in [0.2, 0.25) is 0 Å². The van der Waals surface area contributed by atoms with Crippen molar-refractivity contribution in [1.82, 2.24) is 0 Å². The maximum atomic E-state index is 10.1. The molecule has 1 aromatic carbocycles. The Morgan fingerprint density at radius 2 is 2.13 bits per heavy atom. The molecule has 0 bridgehead atoms. The van der Waals surface area contributed by atoms with Crippen LogP contribution >= 0.6 is 15.9 Å². The minimum absolute atomic E-state index is 0.0904. The maximum absolute atomic E-state index is 10.1. The Morgan fingerprint density at radius 1 is 1.47 bits per heavy atom. The standard InChI is InChI=1S/C12H15BrO2/c1-4-8-12(14)10-7(3)11(13)6(2)5-9(10)15-8/h5,8,12,14H,4H2,1-3H3. The van der Waals surface area contributed by atoms with Gasteiger partial charge in [-0.2, -0.15) is 0 Å². The van der Waals surface area contributed by atoms with Crippen molar-refractivity contribution in [2.75, 3.05) is 0 Å². The molecule has 2 unspecified atom stereocenters. The molecule has 2 nitrogen and oxygen atoms in total. The van der Waals surface area contributed by atoms with Crippen LogP contribution in [0.4, 0.5) is 0 Å². The minimum Gasteiger partial charge on any atom is -0.487 e. The van der Waals surface area contributed by atoms with E-state index in [2.05, 4.69) is 15.9 Å². The molecule has 82 valence electrons. The van der Waals surface area contributed by atoms with E-state index in [1.165, 1.54) is 0 Å². The van der Waals surface area contributed by atoms with Gasteiger partial charge in [0.15, 0.2) is 0 Å². The second-order valence-corrected chi connectivity index (χ2v) is 4.85. The summed E-state index contributed by atoms with van der Waals surface area (Å²) in [4.78, 5) is 0. The van der Waals surface area contributed by atoms with Crippen LogP contribution in [0, 0.1) is 13.8 Å². The molecule has 3 heteroatoms. The highest BCUT2D eigenvalue weighted by Gasteiger charge is 2.33. The second-order valence-electron chi connectivity index (χ2n) is 4.05. The molecule has 0 fully saturated rings. The van der Waals surface area contributed by atoms with E-state index in [1.807, 2.05) is 26.8 Å². The molecule has 0 radical (unpaired) electrons. The van der Waals surface area contributed by atoms with E-state index < -0.39 is 6.10 Å². The summed E-state index contributed by atoms with van der Waals surface area (Å²) >= 11 is 3.54. The summed E-state index contributed by atoms with van der Waals surface area (Å²) in [6.45, 7) is 6.07. The van der Waals surface area contributed by atoms with Gasteiger partial charge in [0.05, 0.1) is 0 Å². The fraction of sp³-hybridized carbons (Fsp3) is 0.500. The van der Waals surface area contributed by atoms with E-state index in [0.29, 0.717) is 0 Å². The number of aliphatic hydroxyl groups excluding tert-OH is 1. The molecule has 1 aromatic rings. The molecule has 0 saturated carbocycles. The van der Waals surface area contributed by atoms with Crippen LogP contribution in [0.3, 0.4) is 0 Å². The Morgan fingerprint density at radius 3 is 2.73 bits per heavy atom. The number of hydrogen-bond acceptors (Lipinski definition) is 2. The van der Waals surface area contributed by atoms with Gasteiger partial charge in [-0.15, -0.1) is 0 Å². The molecule has 15 heavy (non-hydrogen) atoms. The van der Waals surface area contributed by atoms with Crippen LogP contribution in [0.5, 0.6) is 5.75 Å². The predicted octanol–water partition coefficient (Wildman–Crippen LogP) is 3.27. The number of benzene rings is 1. The average Bonchev–Trinajstić information content (AvgIpc) is 2.52. The lowest BCUT2D eigenvalue weighted by Gasteiger charge is -2.12. The lowest BCUT2D eigenvalue weighted by Crippen LogP contribution is -2.17. The molecule has 0 aromatic heterocycles. The summed E-state index contributed by atoms with van der Waals surface area (Å²) in [5.41, 5.74) is 3.18. The number of fused-ring (bicyclic) bond motifs is 1. The van der Waals surface area contributed by atoms with Crippen LogP contribution in [0.1, 0.15) is 36.1 Å². The lowest BCUT2D eigenvalue weighted by atomic mass is 9.98. The van der Waals surface area contributed by atoms with E-state index in [1.54, 1.807) is 0 Å². The summed E-state index contributed by atoms with van der Waals surface area (Å²) in [5, 5.41) is 10.1. The Labute approximate surface area is 98.4 Å². The Kier molecular flexibility index (Phi) is 2.77. The highest BCUT2D eigenvalue weighted by molar-refractivity contribution is 9.10. The Balaban J connectivity index is 2.56. The van der Waals surface area contributed by atoms with Crippen LogP contribution in [0.25, 0.3) is 0 Å². The van der Waals surface area contributed by atoms with E-state index in [4.69, 9.17) is 4.74 Å². The van der Waals surface area contributed by atoms with Crippen molar-refractivity contribution in [3.05, 3.63) is 27.2 Å². The van der Waals surface area contributed by atoms with Crippen LogP contribution in [-0.2, 0) is 0 Å². The van der Waals surface area contributed by atoms with Crippen LogP contribution < -0.4 is 4.74 Å². The van der Waals surface area contributed by atoms with Crippen molar-refractivity contribution >= 4 is 15.9 Å². The maximum Gasteiger partial charge on any atom is 0.129 e. The fourth-order valence-electron chi connectivity index (χ4n) is 2.12. The Hall–Kier alpha value is -0.540. The highest BCUT2D eigenvalue weighted by atomic mass is 79.9. The molecule has 0 spiro atoms. The second kappa shape index (κ2) is 3.80. The van der Waals surface area contributed by atoms with E-state index in [9.17, 15) is 5.11 Å². The van der Waals surface area contributed by atoms with Gasteiger partial charge in [-0.3, -0.25) is 0 Å². The SMILES string of the molecule is CCC1Oc2cc(C)c(Br)c(C)c2C1O. The molecule has 1 aliphatic rings. The monoisotopic (exact) mass is 270 g/mol. The van der Waals surface area contributed by atoms with E-state index in [-0.39, 0.29) is 6.10 Å². The average molecular weight is 271 g/mol. The van der Waals surface area contributed by atoms with Crippen molar-refractivity contribution in [2.24, 2.45) is 0 Å². The third-order valence-corrected chi connectivity index (χ3v) is 4.24. The normalized spacial score (nSPS) is 23.8. The number of aryl methyl sites for hydroxylation is 1. The molecule has 1 aliphatic heterocycles. The summed E-state index contributed by atoms with van der Waals surface area (Å²) < 4.78 is 6.78. The molecule has 2 rings (SSSR count). The van der Waals surface area contributed by atoms with Crippen molar-refractivity contribution in [3.8, 4) is 5.75 Å². The third kappa shape index (κ3) is 1.58. The van der Waals surface area contributed by atoms with Gasteiger partial charge in [0, 0.05) is 10.0 Å². The quantitative estimate of drug-likeness (QED) is 0.849. The zero-order valence-electron chi connectivity index (χ0n) is 9.17. The lowest BCUT2D eigenvalue weighted by molar-refractivity contribution is 0.0651. The summed E-state index contributed by atoms with van der Waals surface area (Å²) in [6.07, 6.45) is 0.251. The van der Waals surface area contributed by atoms with Gasteiger partial charge in [0.25, 0.3) is 0 Å². The summed E-state index contributed by atoms with van der Waals surface area (Å²) in [6, 6.07) is 1.99. The highest BCUT2D eigenvalue weighted by Crippen LogP contribution is 2.43. The molecule has 0 amide bonds. The molecule has 0 saturated heterocycles. The third-order valence-electron chi connectivity index (χ3n) is 3.02. The van der Waals surface area contributed by atoms with Gasteiger partial charge >= 0.3 is 0 Å². The first-order valence-corrected chi connectivity index (χ1v) is 5.99. The van der Waals surface area contributed by atoms with Gasteiger partial charge in [0.1, 0.15) is 18.0 Å². The predicted molar refractivity (Wildman–Crippen MR) is 63.3 cm³/mol. The minimum atomic E-state index is -0.484. The molecular formula is C12H15BrO2. The van der Waals surface area contributed by atoms with Gasteiger partial charge < -0.3 is 9.84 Å². The first kappa shape index (κ1) is 11.0. The first-order valence-electron chi connectivity index (χ1n) is 5.20. The fourth-order valence-corrected chi connectivity index (χ4v) is 2.45. The molecule has 1 heterocycles. The van der Waals surface area contributed by atoms with Crippen molar-refractivity contribution < 1.29 is 9.84 Å². The van der Waals surface area contributed by atoms with Gasteiger partial charge in [0.2, 0.25) is 0 Å². The van der Waals surface area contributed by atoms with E-state index >= 15 is 0 Å². The first-order chi connectivity index (χ1) is 7.06. The summed E-state index contributed by atoms with van der Waals surface area (Å²) in [5.74, 6) is 0.840.